The van der Waals surface area contributed by atoms with E-state index in [2.05, 4.69) is 5.32 Å². The fourth-order valence-corrected chi connectivity index (χ4v) is 1.96. The lowest BCUT2D eigenvalue weighted by Crippen LogP contribution is -2.29. The van der Waals surface area contributed by atoms with E-state index in [9.17, 15) is 9.18 Å². The molecule has 0 aliphatic rings. The van der Waals surface area contributed by atoms with Crippen molar-refractivity contribution in [2.75, 3.05) is 13.2 Å². The Kier molecular flexibility index (Phi) is 5.32. The van der Waals surface area contributed by atoms with Crippen LogP contribution in [0.2, 0.25) is 0 Å². The van der Waals surface area contributed by atoms with Gasteiger partial charge in [-0.15, -0.1) is 0 Å². The highest BCUT2D eigenvalue weighted by Gasteiger charge is 2.03. The zero-order valence-electron chi connectivity index (χ0n) is 11.9. The molecule has 0 saturated carbocycles. The van der Waals surface area contributed by atoms with Crippen molar-refractivity contribution in [1.29, 1.82) is 0 Å². The Morgan fingerprint density at radius 2 is 2.00 bits per heavy atom. The molecule has 0 aromatic heterocycles. The fraction of sp³-hybridized carbons (Fsp3) is 0.235. The van der Waals surface area contributed by atoms with E-state index in [1.807, 2.05) is 31.2 Å². The zero-order chi connectivity index (χ0) is 15.1. The third-order valence-corrected chi connectivity index (χ3v) is 2.94. The Morgan fingerprint density at radius 3 is 2.76 bits per heavy atom. The highest BCUT2D eigenvalue weighted by atomic mass is 19.1. The van der Waals surface area contributed by atoms with Gasteiger partial charge in [-0.05, 0) is 42.3 Å². The molecule has 1 amide bonds. The summed E-state index contributed by atoms with van der Waals surface area (Å²) in [6.45, 7) is 2.81. The smallest absolute Gasteiger partial charge is 0.224 e. The molecule has 110 valence electrons. The average Bonchev–Trinajstić information content (AvgIpc) is 2.44. The molecule has 2 rings (SSSR count). The number of aryl methyl sites for hydroxylation is 1. The fourth-order valence-electron chi connectivity index (χ4n) is 1.96. The van der Waals surface area contributed by atoms with Crippen LogP contribution in [0.25, 0.3) is 0 Å². The molecular formula is C17H18FNO2. The van der Waals surface area contributed by atoms with Gasteiger partial charge in [0, 0.05) is 0 Å². The molecule has 0 radical (unpaired) electrons. The maximum atomic E-state index is 13.0. The summed E-state index contributed by atoms with van der Waals surface area (Å²) in [6, 6.07) is 13.8. The van der Waals surface area contributed by atoms with Crippen molar-refractivity contribution < 1.29 is 13.9 Å². The van der Waals surface area contributed by atoms with Gasteiger partial charge in [0.25, 0.3) is 0 Å². The molecule has 3 nitrogen and oxygen atoms in total. The summed E-state index contributed by atoms with van der Waals surface area (Å²) >= 11 is 0. The molecule has 0 aliphatic carbocycles. The number of halogens is 1. The lowest BCUT2D eigenvalue weighted by atomic mass is 10.1. The molecule has 0 heterocycles. The molecule has 0 unspecified atom stereocenters. The Balaban J connectivity index is 1.70. The first-order valence-electron chi connectivity index (χ1n) is 6.84. The van der Waals surface area contributed by atoms with Crippen LogP contribution in [0.1, 0.15) is 11.1 Å². The van der Waals surface area contributed by atoms with Gasteiger partial charge >= 0.3 is 0 Å². The van der Waals surface area contributed by atoms with Crippen LogP contribution in [-0.2, 0) is 11.2 Å². The van der Waals surface area contributed by atoms with E-state index in [4.69, 9.17) is 4.74 Å². The first kappa shape index (κ1) is 15.0. The minimum atomic E-state index is -0.330. The first-order chi connectivity index (χ1) is 10.1. The molecule has 21 heavy (non-hydrogen) atoms. The van der Waals surface area contributed by atoms with Crippen molar-refractivity contribution in [3.8, 4) is 5.75 Å². The van der Waals surface area contributed by atoms with Crippen molar-refractivity contribution in [3.05, 3.63) is 65.5 Å². The summed E-state index contributed by atoms with van der Waals surface area (Å²) in [6.07, 6.45) is 0.169. The second kappa shape index (κ2) is 7.43. The van der Waals surface area contributed by atoms with Crippen LogP contribution >= 0.6 is 0 Å². The predicted molar refractivity (Wildman–Crippen MR) is 79.8 cm³/mol. The number of amides is 1. The SMILES string of the molecule is Cc1cccc(OCCNC(=O)Cc2cccc(F)c2)c1. The maximum Gasteiger partial charge on any atom is 0.224 e. The summed E-state index contributed by atoms with van der Waals surface area (Å²) in [4.78, 5) is 11.7. The quantitative estimate of drug-likeness (QED) is 0.830. The van der Waals surface area contributed by atoms with Gasteiger partial charge in [0.1, 0.15) is 18.2 Å². The van der Waals surface area contributed by atoms with Crippen LogP contribution in [0.4, 0.5) is 4.39 Å². The Labute approximate surface area is 123 Å². The molecule has 2 aromatic rings. The van der Waals surface area contributed by atoms with Gasteiger partial charge in [-0.25, -0.2) is 4.39 Å². The lowest BCUT2D eigenvalue weighted by molar-refractivity contribution is -0.120. The molecule has 0 spiro atoms. The third-order valence-electron chi connectivity index (χ3n) is 2.94. The van der Waals surface area contributed by atoms with Gasteiger partial charge in [0.15, 0.2) is 0 Å². The van der Waals surface area contributed by atoms with E-state index in [-0.39, 0.29) is 18.1 Å². The van der Waals surface area contributed by atoms with Crippen LogP contribution in [0.3, 0.4) is 0 Å². The molecule has 0 bridgehead atoms. The second-order valence-electron chi connectivity index (χ2n) is 4.82. The molecule has 0 atom stereocenters. The molecule has 4 heteroatoms. The topological polar surface area (TPSA) is 38.3 Å². The summed E-state index contributed by atoms with van der Waals surface area (Å²) < 4.78 is 18.5. The molecule has 2 aromatic carbocycles. The summed E-state index contributed by atoms with van der Waals surface area (Å²) in [5.74, 6) is 0.311. The number of ether oxygens (including phenoxy) is 1. The Morgan fingerprint density at radius 1 is 1.19 bits per heavy atom. The predicted octanol–water partition coefficient (Wildman–Crippen LogP) is 2.87. The van der Waals surface area contributed by atoms with Gasteiger partial charge in [-0.2, -0.15) is 0 Å². The molecule has 1 N–H and O–H groups in total. The molecule has 0 saturated heterocycles. The van der Waals surface area contributed by atoms with Crippen LogP contribution in [0, 0.1) is 12.7 Å². The lowest BCUT2D eigenvalue weighted by Gasteiger charge is -2.08. The number of hydrogen-bond acceptors (Lipinski definition) is 2. The van der Waals surface area contributed by atoms with E-state index < -0.39 is 0 Å². The minimum absolute atomic E-state index is 0.145. The average molecular weight is 287 g/mol. The summed E-state index contributed by atoms with van der Waals surface area (Å²) in [7, 11) is 0. The summed E-state index contributed by atoms with van der Waals surface area (Å²) in [5, 5.41) is 2.75. The van der Waals surface area contributed by atoms with E-state index in [1.54, 1.807) is 12.1 Å². The van der Waals surface area contributed by atoms with Gasteiger partial charge in [0.05, 0.1) is 13.0 Å². The number of carbonyl (C=O) groups is 1. The number of benzene rings is 2. The highest BCUT2D eigenvalue weighted by molar-refractivity contribution is 5.78. The maximum absolute atomic E-state index is 13.0. The third kappa shape index (κ3) is 5.26. The monoisotopic (exact) mass is 287 g/mol. The highest BCUT2D eigenvalue weighted by Crippen LogP contribution is 2.11. The van der Waals surface area contributed by atoms with Gasteiger partial charge in [-0.3, -0.25) is 4.79 Å². The second-order valence-corrected chi connectivity index (χ2v) is 4.82. The van der Waals surface area contributed by atoms with Gasteiger partial charge in [0.2, 0.25) is 5.91 Å². The number of nitrogens with one attached hydrogen (secondary N) is 1. The van der Waals surface area contributed by atoms with Crippen LogP contribution in [0.15, 0.2) is 48.5 Å². The number of carbonyl (C=O) groups excluding carboxylic acids is 1. The summed E-state index contributed by atoms with van der Waals surface area (Å²) in [5.41, 5.74) is 1.79. The van der Waals surface area contributed by atoms with E-state index >= 15 is 0 Å². The van der Waals surface area contributed by atoms with Crippen LogP contribution in [0.5, 0.6) is 5.75 Å². The van der Waals surface area contributed by atoms with Crippen molar-refractivity contribution in [2.24, 2.45) is 0 Å². The van der Waals surface area contributed by atoms with Crippen molar-refractivity contribution in [3.63, 3.8) is 0 Å². The number of rotatable bonds is 6. The first-order valence-corrected chi connectivity index (χ1v) is 6.84. The molecule has 0 fully saturated rings. The van der Waals surface area contributed by atoms with E-state index in [1.165, 1.54) is 12.1 Å². The normalized spacial score (nSPS) is 10.2. The number of hydrogen-bond donors (Lipinski definition) is 1. The minimum Gasteiger partial charge on any atom is -0.492 e. The van der Waals surface area contributed by atoms with Crippen molar-refractivity contribution >= 4 is 5.91 Å². The zero-order valence-corrected chi connectivity index (χ0v) is 11.9. The largest absolute Gasteiger partial charge is 0.492 e. The molecular weight excluding hydrogens is 269 g/mol. The molecule has 0 aliphatic heterocycles. The van der Waals surface area contributed by atoms with Crippen LogP contribution in [-0.4, -0.2) is 19.1 Å². The standard InChI is InChI=1S/C17H18FNO2/c1-13-4-2-7-16(10-13)21-9-8-19-17(20)12-14-5-3-6-15(18)11-14/h2-7,10-11H,8-9,12H2,1H3,(H,19,20). The Hall–Kier alpha value is -2.36. The van der Waals surface area contributed by atoms with Crippen molar-refractivity contribution in [2.45, 2.75) is 13.3 Å². The Bertz CT molecular complexity index is 613. The van der Waals surface area contributed by atoms with Gasteiger partial charge < -0.3 is 10.1 Å². The van der Waals surface area contributed by atoms with Gasteiger partial charge in [-0.1, -0.05) is 24.3 Å². The van der Waals surface area contributed by atoms with E-state index in [0.29, 0.717) is 18.7 Å². The van der Waals surface area contributed by atoms with E-state index in [0.717, 1.165) is 11.3 Å². The van der Waals surface area contributed by atoms with Crippen LogP contribution < -0.4 is 10.1 Å². The van der Waals surface area contributed by atoms with Crippen molar-refractivity contribution in [1.82, 2.24) is 5.32 Å².